The van der Waals surface area contributed by atoms with Crippen LogP contribution < -0.4 is 10.5 Å². The van der Waals surface area contributed by atoms with Gasteiger partial charge >= 0.3 is 5.69 Å². The fraction of sp³-hybridized carbons (Fsp3) is 0.333. The lowest BCUT2D eigenvalue weighted by Gasteiger charge is -2.02. The average molecular weight is 278 g/mol. The third kappa shape index (κ3) is 2.91. The van der Waals surface area contributed by atoms with E-state index in [2.05, 4.69) is 10.1 Å². The molecular formula is C12H14N4O4. The van der Waals surface area contributed by atoms with Crippen molar-refractivity contribution < 1.29 is 14.2 Å². The van der Waals surface area contributed by atoms with Gasteiger partial charge in [0, 0.05) is 24.1 Å². The number of benzene rings is 1. The normalized spacial score (nSPS) is 12.2. The average Bonchev–Trinajstić information content (AvgIpc) is 2.85. The summed E-state index contributed by atoms with van der Waals surface area (Å²) in [7, 11) is 1.37. The molecule has 0 amide bonds. The van der Waals surface area contributed by atoms with Crippen LogP contribution >= 0.6 is 0 Å². The summed E-state index contributed by atoms with van der Waals surface area (Å²) in [6, 6.07) is 4.35. The van der Waals surface area contributed by atoms with Crippen LogP contribution in [0, 0.1) is 10.1 Å². The zero-order valence-electron chi connectivity index (χ0n) is 11.1. The molecule has 106 valence electrons. The van der Waals surface area contributed by atoms with E-state index in [1.165, 1.54) is 19.2 Å². The first-order chi connectivity index (χ1) is 9.51. The Morgan fingerprint density at radius 3 is 2.90 bits per heavy atom. The molecule has 2 rings (SSSR count). The lowest BCUT2D eigenvalue weighted by molar-refractivity contribution is -0.385. The van der Waals surface area contributed by atoms with Crippen molar-refractivity contribution in [3.8, 4) is 17.2 Å². The zero-order chi connectivity index (χ0) is 14.7. The van der Waals surface area contributed by atoms with Crippen molar-refractivity contribution in [2.45, 2.75) is 19.4 Å². The van der Waals surface area contributed by atoms with Crippen molar-refractivity contribution in [1.82, 2.24) is 10.1 Å². The fourth-order valence-electron chi connectivity index (χ4n) is 1.71. The molecule has 1 unspecified atom stereocenters. The van der Waals surface area contributed by atoms with Gasteiger partial charge < -0.3 is 15.0 Å². The van der Waals surface area contributed by atoms with E-state index >= 15 is 0 Å². The zero-order valence-corrected chi connectivity index (χ0v) is 11.1. The van der Waals surface area contributed by atoms with Gasteiger partial charge in [-0.25, -0.2) is 0 Å². The van der Waals surface area contributed by atoms with Crippen LogP contribution in [0.25, 0.3) is 11.5 Å². The Labute approximate surface area is 114 Å². The van der Waals surface area contributed by atoms with Crippen molar-refractivity contribution in [2.75, 3.05) is 7.11 Å². The maximum atomic E-state index is 11.0. The van der Waals surface area contributed by atoms with Crippen LogP contribution in [0.1, 0.15) is 12.7 Å². The lowest BCUT2D eigenvalue weighted by Crippen LogP contribution is -2.18. The molecule has 1 aromatic carbocycles. The number of nitro benzene ring substituents is 1. The lowest BCUT2D eigenvalue weighted by atomic mass is 10.2. The fourth-order valence-corrected chi connectivity index (χ4v) is 1.71. The minimum Gasteiger partial charge on any atom is -0.490 e. The van der Waals surface area contributed by atoms with Crippen LogP contribution in [0.4, 0.5) is 5.69 Å². The molecule has 1 atom stereocenters. The number of nitrogens with two attached hydrogens (primary N) is 1. The molecule has 1 aromatic heterocycles. The van der Waals surface area contributed by atoms with Gasteiger partial charge in [-0.15, -0.1) is 0 Å². The second-order valence-electron chi connectivity index (χ2n) is 4.34. The third-order valence-corrected chi connectivity index (χ3v) is 2.60. The number of rotatable bonds is 5. The van der Waals surface area contributed by atoms with Gasteiger partial charge in [0.1, 0.15) is 0 Å². The summed E-state index contributed by atoms with van der Waals surface area (Å²) in [6.07, 6.45) is 0.474. The molecule has 0 spiro atoms. The Hall–Kier alpha value is -2.48. The predicted octanol–water partition coefficient (Wildman–Crippen LogP) is 1.54. The topological polar surface area (TPSA) is 117 Å². The van der Waals surface area contributed by atoms with Crippen molar-refractivity contribution in [2.24, 2.45) is 5.73 Å². The number of ether oxygens (including phenoxy) is 1. The smallest absolute Gasteiger partial charge is 0.311 e. The molecule has 0 aliphatic heterocycles. The highest BCUT2D eigenvalue weighted by Gasteiger charge is 2.18. The monoisotopic (exact) mass is 278 g/mol. The van der Waals surface area contributed by atoms with Gasteiger partial charge in [0.25, 0.3) is 5.89 Å². The van der Waals surface area contributed by atoms with Gasteiger partial charge in [0.2, 0.25) is 0 Å². The van der Waals surface area contributed by atoms with E-state index in [9.17, 15) is 10.1 Å². The van der Waals surface area contributed by atoms with Crippen LogP contribution in [0.2, 0.25) is 0 Å². The predicted molar refractivity (Wildman–Crippen MR) is 70.3 cm³/mol. The van der Waals surface area contributed by atoms with Gasteiger partial charge in [0.05, 0.1) is 12.0 Å². The Morgan fingerprint density at radius 1 is 1.55 bits per heavy atom. The molecule has 0 aliphatic carbocycles. The summed E-state index contributed by atoms with van der Waals surface area (Å²) in [5.74, 6) is 0.856. The maximum absolute atomic E-state index is 11.0. The third-order valence-electron chi connectivity index (χ3n) is 2.60. The molecule has 0 saturated heterocycles. The number of nitro groups is 1. The molecule has 8 heteroatoms. The molecule has 2 aromatic rings. The van der Waals surface area contributed by atoms with E-state index in [4.69, 9.17) is 15.0 Å². The Morgan fingerprint density at radius 2 is 2.30 bits per heavy atom. The number of methoxy groups -OCH3 is 1. The van der Waals surface area contributed by atoms with E-state index in [1.54, 1.807) is 6.07 Å². The van der Waals surface area contributed by atoms with Crippen molar-refractivity contribution in [1.29, 1.82) is 0 Å². The van der Waals surface area contributed by atoms with Gasteiger partial charge in [-0.3, -0.25) is 10.1 Å². The molecule has 8 nitrogen and oxygen atoms in total. The van der Waals surface area contributed by atoms with Gasteiger partial charge in [-0.05, 0) is 19.1 Å². The number of aromatic nitrogens is 2. The first-order valence-electron chi connectivity index (χ1n) is 5.92. The SMILES string of the molecule is COc1ccc(-c2nc(CC(C)N)no2)cc1[N+](=O)[O-]. The summed E-state index contributed by atoms with van der Waals surface area (Å²) in [6.45, 7) is 1.83. The van der Waals surface area contributed by atoms with Crippen LogP contribution in [0.15, 0.2) is 22.7 Å². The second kappa shape index (κ2) is 5.66. The second-order valence-corrected chi connectivity index (χ2v) is 4.34. The molecule has 0 bridgehead atoms. The maximum Gasteiger partial charge on any atom is 0.311 e. The Balaban J connectivity index is 2.35. The number of hydrogen-bond acceptors (Lipinski definition) is 7. The van der Waals surface area contributed by atoms with E-state index in [-0.39, 0.29) is 23.4 Å². The van der Waals surface area contributed by atoms with Gasteiger partial charge in [-0.2, -0.15) is 4.98 Å². The van der Waals surface area contributed by atoms with E-state index in [0.29, 0.717) is 17.8 Å². The highest BCUT2D eigenvalue weighted by atomic mass is 16.6. The van der Waals surface area contributed by atoms with Crippen LogP contribution in [-0.4, -0.2) is 28.2 Å². The highest BCUT2D eigenvalue weighted by molar-refractivity contribution is 5.62. The van der Waals surface area contributed by atoms with Crippen LogP contribution in [-0.2, 0) is 6.42 Å². The molecular weight excluding hydrogens is 264 g/mol. The van der Waals surface area contributed by atoms with Gasteiger partial charge in [-0.1, -0.05) is 5.16 Å². The highest BCUT2D eigenvalue weighted by Crippen LogP contribution is 2.31. The first kappa shape index (κ1) is 13.9. The Kier molecular flexibility index (Phi) is 3.94. The standard InChI is InChI=1S/C12H14N4O4/c1-7(13)5-11-14-12(20-15-11)8-3-4-10(19-2)9(6-8)16(17)18/h3-4,6-7H,5,13H2,1-2H3. The van der Waals surface area contributed by atoms with Crippen molar-refractivity contribution in [3.63, 3.8) is 0 Å². The summed E-state index contributed by atoms with van der Waals surface area (Å²) >= 11 is 0. The summed E-state index contributed by atoms with van der Waals surface area (Å²) < 4.78 is 10.0. The quantitative estimate of drug-likeness (QED) is 0.651. The molecule has 0 fully saturated rings. The van der Waals surface area contributed by atoms with Crippen molar-refractivity contribution >= 4 is 5.69 Å². The summed E-state index contributed by atoms with van der Waals surface area (Å²) in [4.78, 5) is 14.6. The number of hydrogen-bond donors (Lipinski definition) is 1. The minimum atomic E-state index is -0.526. The van der Waals surface area contributed by atoms with E-state index < -0.39 is 4.92 Å². The summed E-state index contributed by atoms with van der Waals surface area (Å²) in [5, 5.41) is 14.7. The molecule has 0 saturated carbocycles. The molecule has 0 radical (unpaired) electrons. The molecule has 1 heterocycles. The first-order valence-corrected chi connectivity index (χ1v) is 5.92. The largest absolute Gasteiger partial charge is 0.490 e. The number of nitrogens with zero attached hydrogens (tertiary/aromatic N) is 3. The van der Waals surface area contributed by atoms with Crippen LogP contribution in [0.5, 0.6) is 5.75 Å². The molecule has 20 heavy (non-hydrogen) atoms. The van der Waals surface area contributed by atoms with E-state index in [1.807, 2.05) is 6.92 Å². The van der Waals surface area contributed by atoms with Crippen LogP contribution in [0.3, 0.4) is 0 Å². The molecule has 0 aliphatic rings. The van der Waals surface area contributed by atoms with Gasteiger partial charge in [0.15, 0.2) is 11.6 Å². The summed E-state index contributed by atoms with van der Waals surface area (Å²) in [5.41, 5.74) is 5.95. The van der Waals surface area contributed by atoms with Crippen molar-refractivity contribution in [3.05, 3.63) is 34.1 Å². The Bertz CT molecular complexity index is 624. The minimum absolute atomic E-state index is 0.0920. The van der Waals surface area contributed by atoms with E-state index in [0.717, 1.165) is 0 Å². The molecule has 2 N–H and O–H groups in total.